The minimum atomic E-state index is -1.31. The molecule has 0 aliphatic heterocycles. The van der Waals surface area contributed by atoms with Crippen molar-refractivity contribution in [1.82, 2.24) is 4.98 Å². The fraction of sp³-hybridized carbons (Fsp3) is 0.412. The van der Waals surface area contributed by atoms with Crippen molar-refractivity contribution >= 4 is 22.6 Å². The zero-order chi connectivity index (χ0) is 15.7. The van der Waals surface area contributed by atoms with Crippen molar-refractivity contribution in [2.45, 2.75) is 45.1 Å². The normalized spacial score (nSPS) is 15.2. The Hall–Kier alpha value is -1.30. The van der Waals surface area contributed by atoms with Gasteiger partial charge in [0.15, 0.2) is 0 Å². The van der Waals surface area contributed by atoms with Crippen LogP contribution in [0.2, 0.25) is 0 Å². The first kappa shape index (κ1) is 18.0. The number of carbonyl (C=O) groups excluding carboxylic acids is 1. The summed E-state index contributed by atoms with van der Waals surface area (Å²) in [5, 5.41) is 11.9. The number of benzene rings is 1. The largest absolute Gasteiger partial charge is 1.00 e. The van der Waals surface area contributed by atoms with Gasteiger partial charge in [0.1, 0.15) is 5.75 Å². The van der Waals surface area contributed by atoms with Crippen LogP contribution in [0.5, 0.6) is 5.75 Å². The molecule has 2 N–H and O–H groups in total. The smallest absolute Gasteiger partial charge is 0.545 e. The summed E-state index contributed by atoms with van der Waals surface area (Å²) >= 11 is 0. The van der Waals surface area contributed by atoms with E-state index >= 15 is 0 Å². The number of carboxylic acid groups (broad SMARTS) is 1. The zero-order valence-electron chi connectivity index (χ0n) is 13.6. The summed E-state index contributed by atoms with van der Waals surface area (Å²) in [6, 6.07) is 5.49. The van der Waals surface area contributed by atoms with Crippen molar-refractivity contribution in [2.24, 2.45) is 0 Å². The van der Waals surface area contributed by atoms with Crippen LogP contribution in [0.25, 0.3) is 10.9 Å². The second kappa shape index (κ2) is 7.51. The van der Waals surface area contributed by atoms with Crippen molar-refractivity contribution in [1.29, 1.82) is 0 Å². The molecular formula is C17H19N2NaO3. The third-order valence-electron chi connectivity index (χ3n) is 4.24. The Kier molecular flexibility index (Phi) is 5.89. The Balaban J connectivity index is 0.00000192. The van der Waals surface area contributed by atoms with Gasteiger partial charge < -0.3 is 20.4 Å². The van der Waals surface area contributed by atoms with E-state index in [1.807, 2.05) is 18.2 Å². The van der Waals surface area contributed by atoms with Crippen molar-refractivity contribution in [3.63, 3.8) is 0 Å². The van der Waals surface area contributed by atoms with E-state index in [9.17, 15) is 9.90 Å². The number of aryl methyl sites for hydroxylation is 1. The molecule has 1 saturated carbocycles. The molecule has 116 valence electrons. The monoisotopic (exact) mass is 322 g/mol. The van der Waals surface area contributed by atoms with E-state index in [2.05, 4.69) is 4.98 Å². The SMILES string of the molecule is Cc1nc2cccc(OC3CCCCC3)c2c(N)c1C(=O)[O-].[Na+]. The van der Waals surface area contributed by atoms with Gasteiger partial charge >= 0.3 is 29.6 Å². The molecule has 6 heteroatoms. The molecule has 0 saturated heterocycles. The average Bonchev–Trinajstić information content (AvgIpc) is 2.47. The number of aromatic nitrogens is 1. The van der Waals surface area contributed by atoms with E-state index in [0.29, 0.717) is 22.3 Å². The van der Waals surface area contributed by atoms with Gasteiger partial charge in [0, 0.05) is 11.3 Å². The Labute approximate surface area is 157 Å². The number of hydrogen-bond acceptors (Lipinski definition) is 5. The number of anilines is 1. The van der Waals surface area contributed by atoms with Crippen LogP contribution in [0.4, 0.5) is 5.69 Å². The van der Waals surface area contributed by atoms with Gasteiger partial charge in [0.25, 0.3) is 0 Å². The second-order valence-corrected chi connectivity index (χ2v) is 5.80. The van der Waals surface area contributed by atoms with Crippen molar-refractivity contribution in [3.05, 3.63) is 29.5 Å². The van der Waals surface area contributed by atoms with Crippen molar-refractivity contribution in [3.8, 4) is 5.75 Å². The summed E-state index contributed by atoms with van der Waals surface area (Å²) in [4.78, 5) is 15.6. The number of nitrogen functional groups attached to an aromatic ring is 1. The maximum absolute atomic E-state index is 11.3. The Morgan fingerprint density at radius 1 is 1.30 bits per heavy atom. The van der Waals surface area contributed by atoms with Gasteiger partial charge in [0.2, 0.25) is 0 Å². The number of hydrogen-bond donors (Lipinski definition) is 1. The summed E-state index contributed by atoms with van der Waals surface area (Å²) < 4.78 is 6.09. The topological polar surface area (TPSA) is 88.3 Å². The van der Waals surface area contributed by atoms with E-state index in [1.165, 1.54) is 6.42 Å². The predicted octanol–water partition coefficient (Wildman–Crippen LogP) is -0.796. The molecule has 1 aliphatic carbocycles. The Morgan fingerprint density at radius 3 is 2.65 bits per heavy atom. The number of nitrogens with two attached hydrogens (primary N) is 1. The number of fused-ring (bicyclic) bond motifs is 1. The first-order valence-corrected chi connectivity index (χ1v) is 7.64. The standard InChI is InChI=1S/C17H20N2O3.Na/c1-10-14(17(20)21)16(18)15-12(19-10)8-5-9-13(15)22-11-6-3-2-4-7-11;/h5,8-9,11H,2-4,6-7H2,1H3,(H2,18,19)(H,20,21);/q;+1/p-1. The van der Waals surface area contributed by atoms with E-state index in [-0.39, 0.29) is 46.9 Å². The molecule has 1 heterocycles. The molecule has 2 aromatic rings. The van der Waals surface area contributed by atoms with Crippen molar-refractivity contribution in [2.75, 3.05) is 5.73 Å². The third-order valence-corrected chi connectivity index (χ3v) is 4.24. The molecule has 1 aromatic heterocycles. The number of pyridine rings is 1. The van der Waals surface area contributed by atoms with Crippen LogP contribution in [0.15, 0.2) is 18.2 Å². The molecule has 1 fully saturated rings. The summed E-state index contributed by atoms with van der Waals surface area (Å²) in [5.74, 6) is -0.700. The van der Waals surface area contributed by atoms with Gasteiger partial charge in [-0.2, -0.15) is 0 Å². The molecule has 1 aromatic carbocycles. The summed E-state index contributed by atoms with van der Waals surface area (Å²) in [5.41, 5.74) is 7.22. The molecule has 0 atom stereocenters. The molecule has 0 amide bonds. The van der Waals surface area contributed by atoms with Crippen LogP contribution in [-0.4, -0.2) is 17.1 Å². The first-order chi connectivity index (χ1) is 10.6. The minimum absolute atomic E-state index is 0. The van der Waals surface area contributed by atoms with Gasteiger partial charge in [0.05, 0.1) is 28.7 Å². The molecule has 5 nitrogen and oxygen atoms in total. The molecular weight excluding hydrogens is 303 g/mol. The van der Waals surface area contributed by atoms with Gasteiger partial charge in [-0.05, 0) is 44.7 Å². The van der Waals surface area contributed by atoms with Gasteiger partial charge in [-0.25, -0.2) is 0 Å². The maximum atomic E-state index is 11.3. The number of ether oxygens (including phenoxy) is 1. The van der Waals surface area contributed by atoms with E-state index in [1.54, 1.807) is 6.92 Å². The molecule has 23 heavy (non-hydrogen) atoms. The third kappa shape index (κ3) is 3.62. The summed E-state index contributed by atoms with van der Waals surface area (Å²) in [6.45, 7) is 1.62. The first-order valence-electron chi connectivity index (χ1n) is 7.64. The quantitative estimate of drug-likeness (QED) is 0.748. The molecule has 0 radical (unpaired) electrons. The number of rotatable bonds is 3. The Bertz CT molecular complexity index is 727. The van der Waals surface area contributed by atoms with Crippen LogP contribution in [0.1, 0.15) is 48.2 Å². The van der Waals surface area contributed by atoms with Crippen LogP contribution < -0.4 is 45.1 Å². The van der Waals surface area contributed by atoms with Crippen LogP contribution >= 0.6 is 0 Å². The van der Waals surface area contributed by atoms with Gasteiger partial charge in [-0.1, -0.05) is 12.5 Å². The molecule has 0 spiro atoms. The van der Waals surface area contributed by atoms with Crippen molar-refractivity contribution < 1.29 is 44.2 Å². The predicted molar refractivity (Wildman–Crippen MR) is 82.7 cm³/mol. The maximum Gasteiger partial charge on any atom is 1.00 e. The van der Waals surface area contributed by atoms with Crippen LogP contribution in [-0.2, 0) is 0 Å². The average molecular weight is 322 g/mol. The Morgan fingerprint density at radius 2 is 2.00 bits per heavy atom. The van der Waals surface area contributed by atoms with E-state index < -0.39 is 5.97 Å². The zero-order valence-corrected chi connectivity index (χ0v) is 15.6. The minimum Gasteiger partial charge on any atom is -0.545 e. The number of carbonyl (C=O) groups is 1. The van der Waals surface area contributed by atoms with Crippen LogP contribution in [0, 0.1) is 6.92 Å². The fourth-order valence-electron chi connectivity index (χ4n) is 3.16. The molecule has 0 unspecified atom stereocenters. The molecule has 0 bridgehead atoms. The second-order valence-electron chi connectivity index (χ2n) is 5.80. The summed E-state index contributed by atoms with van der Waals surface area (Å²) in [7, 11) is 0. The fourth-order valence-corrected chi connectivity index (χ4v) is 3.16. The number of aromatic carboxylic acids is 1. The van der Waals surface area contributed by atoms with E-state index in [4.69, 9.17) is 10.5 Å². The van der Waals surface area contributed by atoms with Gasteiger partial charge in [-0.3, -0.25) is 4.98 Å². The molecule has 3 rings (SSSR count). The summed E-state index contributed by atoms with van der Waals surface area (Å²) in [6.07, 6.45) is 5.75. The number of carboxylic acids is 1. The van der Waals surface area contributed by atoms with Crippen LogP contribution in [0.3, 0.4) is 0 Å². The molecule has 1 aliphatic rings. The number of nitrogens with zero attached hydrogens (tertiary/aromatic N) is 1. The van der Waals surface area contributed by atoms with Gasteiger partial charge in [-0.15, -0.1) is 0 Å². The van der Waals surface area contributed by atoms with E-state index in [0.717, 1.165) is 25.7 Å².